The van der Waals surface area contributed by atoms with Crippen LogP contribution in [0.15, 0.2) is 48.5 Å². The van der Waals surface area contributed by atoms with E-state index in [0.29, 0.717) is 24.2 Å². The summed E-state index contributed by atoms with van der Waals surface area (Å²) >= 11 is 0. The molecule has 7 nitrogen and oxygen atoms in total. The molecule has 0 bridgehead atoms. The summed E-state index contributed by atoms with van der Waals surface area (Å²) < 4.78 is 25.5. The first-order valence-corrected chi connectivity index (χ1v) is 11.5. The number of hydrogen-bond donors (Lipinski definition) is 1. The topological polar surface area (TPSA) is 73.0 Å². The minimum absolute atomic E-state index is 0.180. The van der Waals surface area contributed by atoms with Gasteiger partial charge in [-0.25, -0.2) is 8.42 Å². The summed E-state index contributed by atoms with van der Waals surface area (Å²) in [5.74, 6) is -0.0347. The van der Waals surface area contributed by atoms with Crippen molar-refractivity contribution in [3.63, 3.8) is 0 Å². The lowest BCUT2D eigenvalue weighted by Gasteiger charge is -2.34. The zero-order valence-corrected chi connectivity index (χ0v) is 17.4. The average molecular weight is 415 g/mol. The number of sulfonamides is 1. The molecular weight excluding hydrogens is 388 g/mol. The Kier molecular flexibility index (Phi) is 5.47. The van der Waals surface area contributed by atoms with Crippen molar-refractivity contribution in [2.45, 2.75) is 6.42 Å². The second-order valence-electron chi connectivity index (χ2n) is 7.58. The van der Waals surface area contributed by atoms with Crippen molar-refractivity contribution in [1.29, 1.82) is 0 Å². The molecule has 29 heavy (non-hydrogen) atoms. The Morgan fingerprint density at radius 2 is 1.48 bits per heavy atom. The van der Waals surface area contributed by atoms with Crippen LogP contribution in [0.25, 0.3) is 0 Å². The van der Waals surface area contributed by atoms with E-state index < -0.39 is 10.0 Å². The molecule has 2 fully saturated rings. The quantitative estimate of drug-likeness (QED) is 0.831. The van der Waals surface area contributed by atoms with Crippen molar-refractivity contribution in [2.24, 2.45) is 0 Å². The van der Waals surface area contributed by atoms with E-state index in [4.69, 9.17) is 0 Å². The third kappa shape index (κ3) is 4.38. The van der Waals surface area contributed by atoms with Crippen molar-refractivity contribution < 1.29 is 13.2 Å². The lowest BCUT2D eigenvalue weighted by molar-refractivity contribution is 0.102. The van der Waals surface area contributed by atoms with Crippen LogP contribution in [0.2, 0.25) is 0 Å². The fourth-order valence-electron chi connectivity index (χ4n) is 3.73. The van der Waals surface area contributed by atoms with Gasteiger partial charge in [0.25, 0.3) is 5.91 Å². The number of likely N-dealkylation sites (N-methyl/N-ethyl adjacent to an activating group) is 1. The van der Waals surface area contributed by atoms with E-state index in [9.17, 15) is 13.2 Å². The summed E-state index contributed by atoms with van der Waals surface area (Å²) in [7, 11) is -1.08. The fraction of sp³-hybridized carbons (Fsp3) is 0.381. The van der Waals surface area contributed by atoms with E-state index in [1.165, 1.54) is 4.31 Å². The van der Waals surface area contributed by atoms with Gasteiger partial charge in [0.2, 0.25) is 10.0 Å². The minimum Gasteiger partial charge on any atom is -0.369 e. The smallest absolute Gasteiger partial charge is 0.255 e. The number of benzene rings is 2. The molecule has 0 atom stereocenters. The van der Waals surface area contributed by atoms with Crippen LogP contribution in [0.1, 0.15) is 16.8 Å². The highest BCUT2D eigenvalue weighted by Crippen LogP contribution is 2.25. The summed E-state index contributed by atoms with van der Waals surface area (Å²) in [6.45, 7) is 4.59. The Morgan fingerprint density at radius 3 is 2.07 bits per heavy atom. The number of nitrogens with one attached hydrogen (secondary N) is 1. The van der Waals surface area contributed by atoms with Crippen LogP contribution in [-0.4, -0.2) is 64.7 Å². The van der Waals surface area contributed by atoms with Gasteiger partial charge in [0, 0.05) is 49.7 Å². The zero-order chi connectivity index (χ0) is 20.4. The SMILES string of the molecule is CN1CCN(c2ccc(NC(=O)c3ccc(N4CCCS4(=O)=O)cc3)cc2)CC1. The first kappa shape index (κ1) is 19.7. The van der Waals surface area contributed by atoms with E-state index in [2.05, 4.69) is 22.2 Å². The Morgan fingerprint density at radius 1 is 0.862 bits per heavy atom. The predicted octanol–water partition coefficient (Wildman–Crippen LogP) is 2.23. The van der Waals surface area contributed by atoms with Crippen LogP contribution in [0.4, 0.5) is 17.1 Å². The first-order chi connectivity index (χ1) is 13.9. The van der Waals surface area contributed by atoms with E-state index in [0.717, 1.165) is 37.6 Å². The number of carbonyl (C=O) groups excluding carboxylic acids is 1. The lowest BCUT2D eigenvalue weighted by Crippen LogP contribution is -2.44. The maximum atomic E-state index is 12.5. The van der Waals surface area contributed by atoms with Crippen molar-refractivity contribution in [2.75, 3.05) is 60.0 Å². The molecule has 2 heterocycles. The first-order valence-electron chi connectivity index (χ1n) is 9.88. The van der Waals surface area contributed by atoms with Gasteiger partial charge in [-0.2, -0.15) is 0 Å². The highest BCUT2D eigenvalue weighted by molar-refractivity contribution is 7.93. The monoisotopic (exact) mass is 414 g/mol. The van der Waals surface area contributed by atoms with Crippen molar-refractivity contribution in [1.82, 2.24) is 4.90 Å². The summed E-state index contributed by atoms with van der Waals surface area (Å²) in [6.07, 6.45) is 0.634. The summed E-state index contributed by atoms with van der Waals surface area (Å²) in [4.78, 5) is 17.2. The van der Waals surface area contributed by atoms with Gasteiger partial charge in [-0.05, 0) is 62.0 Å². The molecule has 8 heteroatoms. The van der Waals surface area contributed by atoms with Crippen LogP contribution in [0.5, 0.6) is 0 Å². The molecule has 2 aromatic rings. The zero-order valence-electron chi connectivity index (χ0n) is 16.5. The highest BCUT2D eigenvalue weighted by Gasteiger charge is 2.28. The van der Waals surface area contributed by atoms with Crippen LogP contribution in [0.3, 0.4) is 0 Å². The molecule has 2 aromatic carbocycles. The molecule has 2 saturated heterocycles. The average Bonchev–Trinajstić information content (AvgIpc) is 3.08. The molecule has 154 valence electrons. The molecule has 0 spiro atoms. The summed E-state index contributed by atoms with van der Waals surface area (Å²) in [6, 6.07) is 14.6. The van der Waals surface area contributed by atoms with E-state index in [-0.39, 0.29) is 11.7 Å². The predicted molar refractivity (Wildman–Crippen MR) is 116 cm³/mol. The molecule has 0 aromatic heterocycles. The van der Waals surface area contributed by atoms with Gasteiger partial charge in [-0.3, -0.25) is 9.10 Å². The second kappa shape index (κ2) is 8.04. The van der Waals surface area contributed by atoms with Gasteiger partial charge in [-0.15, -0.1) is 0 Å². The third-order valence-corrected chi connectivity index (χ3v) is 7.38. The number of hydrogen-bond acceptors (Lipinski definition) is 5. The van der Waals surface area contributed by atoms with Crippen LogP contribution in [-0.2, 0) is 10.0 Å². The van der Waals surface area contributed by atoms with Crippen molar-refractivity contribution >= 4 is 33.0 Å². The summed E-state index contributed by atoms with van der Waals surface area (Å²) in [5.41, 5.74) is 3.00. The number of amides is 1. The molecule has 1 N–H and O–H groups in total. The van der Waals surface area contributed by atoms with Gasteiger partial charge >= 0.3 is 0 Å². The normalized spacial score (nSPS) is 19.3. The molecule has 4 rings (SSSR count). The Balaban J connectivity index is 1.39. The number of nitrogens with zero attached hydrogens (tertiary/aromatic N) is 3. The third-order valence-electron chi connectivity index (χ3n) is 5.51. The molecule has 0 radical (unpaired) electrons. The minimum atomic E-state index is -3.21. The molecule has 2 aliphatic heterocycles. The van der Waals surface area contributed by atoms with E-state index in [1.807, 2.05) is 24.3 Å². The largest absolute Gasteiger partial charge is 0.369 e. The summed E-state index contributed by atoms with van der Waals surface area (Å²) in [5, 5.41) is 2.90. The van der Waals surface area contributed by atoms with E-state index >= 15 is 0 Å². The lowest BCUT2D eigenvalue weighted by atomic mass is 10.1. The second-order valence-corrected chi connectivity index (χ2v) is 9.59. The number of rotatable bonds is 4. The van der Waals surface area contributed by atoms with Crippen molar-refractivity contribution in [3.8, 4) is 0 Å². The molecule has 0 saturated carbocycles. The van der Waals surface area contributed by atoms with Crippen LogP contribution < -0.4 is 14.5 Å². The Bertz CT molecular complexity index is 966. The van der Waals surface area contributed by atoms with Gasteiger partial charge < -0.3 is 15.1 Å². The van der Waals surface area contributed by atoms with Gasteiger partial charge in [0.05, 0.1) is 11.4 Å². The Hall–Kier alpha value is -2.58. The number of carbonyl (C=O) groups is 1. The van der Waals surface area contributed by atoms with E-state index in [1.54, 1.807) is 24.3 Å². The molecule has 2 aliphatic rings. The highest BCUT2D eigenvalue weighted by atomic mass is 32.2. The Labute approximate surface area is 172 Å². The number of anilines is 3. The molecule has 0 unspecified atom stereocenters. The van der Waals surface area contributed by atoms with Gasteiger partial charge in [0.1, 0.15) is 0 Å². The van der Waals surface area contributed by atoms with Crippen molar-refractivity contribution in [3.05, 3.63) is 54.1 Å². The maximum Gasteiger partial charge on any atom is 0.255 e. The maximum absolute atomic E-state index is 12.5. The van der Waals surface area contributed by atoms with Gasteiger partial charge in [-0.1, -0.05) is 0 Å². The van der Waals surface area contributed by atoms with Crippen LogP contribution >= 0.6 is 0 Å². The number of piperazine rings is 1. The fourth-order valence-corrected chi connectivity index (χ4v) is 5.30. The molecular formula is C21H26N4O3S. The molecule has 0 aliphatic carbocycles. The standard InChI is InChI=1S/C21H26N4O3S/c1-23-12-14-24(15-13-23)19-9-5-18(6-10-19)22-21(26)17-3-7-20(8-4-17)25-11-2-16-29(25,27)28/h3-10H,2,11-16H2,1H3,(H,22,26). The molecule has 1 amide bonds. The van der Waals surface area contributed by atoms with Gasteiger partial charge in [0.15, 0.2) is 0 Å². The van der Waals surface area contributed by atoms with Crippen LogP contribution in [0, 0.1) is 0 Å².